The first-order chi connectivity index (χ1) is 17.4. The van der Waals surface area contributed by atoms with Gasteiger partial charge in [-0.05, 0) is 72.6 Å². The van der Waals surface area contributed by atoms with Crippen molar-refractivity contribution in [1.29, 1.82) is 0 Å². The van der Waals surface area contributed by atoms with Crippen LogP contribution in [0.15, 0.2) is 36.4 Å². The monoisotopic (exact) mass is 519 g/mol. The number of halogens is 3. The number of esters is 1. The second kappa shape index (κ2) is 10.2. The van der Waals surface area contributed by atoms with Crippen molar-refractivity contribution in [2.24, 2.45) is 11.3 Å². The molecule has 3 aromatic rings. The third kappa shape index (κ3) is 6.18. The van der Waals surface area contributed by atoms with E-state index in [2.05, 4.69) is 35.4 Å². The number of fused-ring (bicyclic) bond motifs is 1. The first kappa shape index (κ1) is 26.8. The first-order valence-electron chi connectivity index (χ1n) is 12.1. The number of carbonyl (C=O) groups excluding carboxylic acids is 1. The molecule has 0 radical (unpaired) electrons. The van der Waals surface area contributed by atoms with E-state index in [-0.39, 0.29) is 23.8 Å². The summed E-state index contributed by atoms with van der Waals surface area (Å²) < 4.78 is 54.2. The van der Waals surface area contributed by atoms with Gasteiger partial charge in [-0.1, -0.05) is 20.8 Å². The fraction of sp³-hybridized carbons (Fsp3) is 0.481. The maximum atomic E-state index is 12.6. The molecule has 0 amide bonds. The van der Waals surface area contributed by atoms with Crippen LogP contribution in [0.25, 0.3) is 11.0 Å². The summed E-state index contributed by atoms with van der Waals surface area (Å²) in [4.78, 5) is 17.3. The highest BCUT2D eigenvalue weighted by atomic mass is 19.4. The van der Waals surface area contributed by atoms with E-state index in [9.17, 15) is 18.0 Å². The van der Waals surface area contributed by atoms with Gasteiger partial charge in [0.2, 0.25) is 5.95 Å². The van der Waals surface area contributed by atoms with Crippen molar-refractivity contribution in [2.75, 3.05) is 19.5 Å². The van der Waals surface area contributed by atoms with Gasteiger partial charge in [-0.2, -0.15) is 0 Å². The van der Waals surface area contributed by atoms with Gasteiger partial charge in [-0.15, -0.1) is 13.2 Å². The SMILES string of the molecule is COCc1cc2c(cc1C(=O)OC)nc(Nc1ccc(OC(F)(F)F)cc1)n2[C@H]1C[C@@H](C)CC(C)(C)C1. The minimum Gasteiger partial charge on any atom is -0.465 e. The van der Waals surface area contributed by atoms with Gasteiger partial charge in [0, 0.05) is 18.8 Å². The second-order valence-electron chi connectivity index (χ2n) is 10.5. The number of benzene rings is 2. The lowest BCUT2D eigenvalue weighted by Gasteiger charge is -2.40. The lowest BCUT2D eigenvalue weighted by atomic mass is 9.70. The molecular weight excluding hydrogens is 487 g/mol. The number of anilines is 2. The van der Waals surface area contributed by atoms with Crippen LogP contribution in [0, 0.1) is 11.3 Å². The van der Waals surface area contributed by atoms with Gasteiger partial charge in [0.15, 0.2) is 0 Å². The molecule has 37 heavy (non-hydrogen) atoms. The zero-order valence-electron chi connectivity index (χ0n) is 21.6. The predicted molar refractivity (Wildman–Crippen MR) is 134 cm³/mol. The molecule has 200 valence electrons. The van der Waals surface area contributed by atoms with Crippen LogP contribution >= 0.6 is 0 Å². The number of hydrogen-bond acceptors (Lipinski definition) is 6. The van der Waals surface area contributed by atoms with Crippen molar-refractivity contribution in [2.45, 2.75) is 59.0 Å². The van der Waals surface area contributed by atoms with Crippen LogP contribution in [0.2, 0.25) is 0 Å². The summed E-state index contributed by atoms with van der Waals surface area (Å²) in [6.07, 6.45) is -1.78. The van der Waals surface area contributed by atoms with Gasteiger partial charge in [0.05, 0.1) is 30.3 Å². The molecule has 0 spiro atoms. The summed E-state index contributed by atoms with van der Waals surface area (Å²) in [6, 6.07) is 9.26. The van der Waals surface area contributed by atoms with E-state index in [1.54, 1.807) is 13.2 Å². The van der Waals surface area contributed by atoms with Gasteiger partial charge in [0.25, 0.3) is 0 Å². The lowest BCUT2D eigenvalue weighted by molar-refractivity contribution is -0.274. The molecular formula is C27H32F3N3O4. The molecule has 10 heteroatoms. The Bertz CT molecular complexity index is 1270. The number of carbonyl (C=O) groups is 1. The third-order valence-electron chi connectivity index (χ3n) is 6.69. The zero-order chi connectivity index (χ0) is 27.0. The summed E-state index contributed by atoms with van der Waals surface area (Å²) in [5.74, 6) is 0.248. The highest BCUT2D eigenvalue weighted by Crippen LogP contribution is 2.46. The number of aromatic nitrogens is 2. The van der Waals surface area contributed by atoms with Crippen LogP contribution in [0.1, 0.15) is 62.0 Å². The quantitative estimate of drug-likeness (QED) is 0.339. The van der Waals surface area contributed by atoms with Crippen LogP contribution in [-0.2, 0) is 16.1 Å². The van der Waals surface area contributed by atoms with E-state index in [1.165, 1.54) is 31.4 Å². The molecule has 0 unspecified atom stereocenters. The van der Waals surface area contributed by atoms with Crippen molar-refractivity contribution >= 4 is 28.6 Å². The summed E-state index contributed by atoms with van der Waals surface area (Å²) in [7, 11) is 2.89. The number of ether oxygens (including phenoxy) is 3. The van der Waals surface area contributed by atoms with Crippen LogP contribution < -0.4 is 10.1 Å². The second-order valence-corrected chi connectivity index (χ2v) is 10.5. The number of imidazole rings is 1. The van der Waals surface area contributed by atoms with Gasteiger partial charge in [-0.25, -0.2) is 9.78 Å². The molecule has 1 aromatic heterocycles. The molecule has 0 aliphatic heterocycles. The van der Waals surface area contributed by atoms with E-state index in [0.29, 0.717) is 34.2 Å². The first-order valence-corrected chi connectivity index (χ1v) is 12.1. The zero-order valence-corrected chi connectivity index (χ0v) is 21.6. The van der Waals surface area contributed by atoms with Gasteiger partial charge in [-0.3, -0.25) is 0 Å². The standard InChI is InChI=1S/C27H32F3N3O4/c1-16-10-19(14-26(2,3)13-16)33-23-11-17(15-35-4)21(24(34)36-5)12-22(23)32-25(33)31-18-6-8-20(9-7-18)37-27(28,29)30/h6-9,11-12,16,19H,10,13-15H2,1-5H3,(H,31,32)/t16-,19+/m1/s1. The van der Waals surface area contributed by atoms with Crippen molar-refractivity contribution < 1.29 is 32.2 Å². The van der Waals surface area contributed by atoms with E-state index < -0.39 is 12.3 Å². The molecule has 2 atom stereocenters. The normalized spacial score (nSPS) is 19.6. The molecule has 1 heterocycles. The Morgan fingerprint density at radius 1 is 1.16 bits per heavy atom. The molecule has 0 bridgehead atoms. The molecule has 1 saturated carbocycles. The number of methoxy groups -OCH3 is 2. The number of alkyl halides is 3. The molecule has 7 nitrogen and oxygen atoms in total. The topological polar surface area (TPSA) is 74.6 Å². The Hall–Kier alpha value is -3.27. The molecule has 1 aliphatic carbocycles. The predicted octanol–water partition coefficient (Wildman–Crippen LogP) is 7.00. The van der Waals surface area contributed by atoms with Crippen molar-refractivity contribution in [3.05, 3.63) is 47.5 Å². The average molecular weight is 520 g/mol. The summed E-state index contributed by atoms with van der Waals surface area (Å²) in [5, 5.41) is 3.27. The molecule has 4 rings (SSSR count). The number of hydrogen-bond donors (Lipinski definition) is 1. The van der Waals surface area contributed by atoms with E-state index in [0.717, 1.165) is 24.8 Å². The number of nitrogens with zero attached hydrogens (tertiary/aromatic N) is 2. The maximum Gasteiger partial charge on any atom is 0.573 e. The Morgan fingerprint density at radius 2 is 1.86 bits per heavy atom. The molecule has 2 aromatic carbocycles. The van der Waals surface area contributed by atoms with Crippen molar-refractivity contribution in [3.8, 4) is 5.75 Å². The molecule has 0 saturated heterocycles. The van der Waals surface area contributed by atoms with Gasteiger partial charge < -0.3 is 24.1 Å². The lowest BCUT2D eigenvalue weighted by Crippen LogP contribution is -2.29. The largest absolute Gasteiger partial charge is 0.573 e. The minimum atomic E-state index is -4.76. The Labute approximate surface area is 213 Å². The van der Waals surface area contributed by atoms with Gasteiger partial charge in [0.1, 0.15) is 5.75 Å². The van der Waals surface area contributed by atoms with Crippen LogP contribution in [0.3, 0.4) is 0 Å². The van der Waals surface area contributed by atoms with Gasteiger partial charge >= 0.3 is 12.3 Å². The highest BCUT2D eigenvalue weighted by Gasteiger charge is 2.35. The maximum absolute atomic E-state index is 12.6. The smallest absolute Gasteiger partial charge is 0.465 e. The minimum absolute atomic E-state index is 0.119. The molecule has 1 fully saturated rings. The fourth-order valence-electron chi connectivity index (χ4n) is 5.58. The highest BCUT2D eigenvalue weighted by molar-refractivity contribution is 5.96. The number of rotatable bonds is 7. The number of nitrogens with one attached hydrogen (secondary N) is 1. The summed E-state index contributed by atoms with van der Waals surface area (Å²) in [5.41, 5.74) is 3.18. The third-order valence-corrected chi connectivity index (χ3v) is 6.69. The van der Waals surface area contributed by atoms with Crippen molar-refractivity contribution in [1.82, 2.24) is 9.55 Å². The Morgan fingerprint density at radius 3 is 2.46 bits per heavy atom. The fourth-order valence-corrected chi connectivity index (χ4v) is 5.58. The Kier molecular flexibility index (Phi) is 7.41. The molecule has 1 aliphatic rings. The van der Waals surface area contributed by atoms with Crippen LogP contribution in [0.4, 0.5) is 24.8 Å². The Balaban J connectivity index is 1.81. The van der Waals surface area contributed by atoms with E-state index in [4.69, 9.17) is 14.5 Å². The summed E-state index contributed by atoms with van der Waals surface area (Å²) in [6.45, 7) is 6.98. The van der Waals surface area contributed by atoms with Crippen LogP contribution in [0.5, 0.6) is 5.75 Å². The van der Waals surface area contributed by atoms with Crippen molar-refractivity contribution in [3.63, 3.8) is 0 Å². The molecule has 1 N–H and O–H groups in total. The van der Waals surface area contributed by atoms with Crippen LogP contribution in [-0.4, -0.2) is 36.1 Å². The summed E-state index contributed by atoms with van der Waals surface area (Å²) >= 11 is 0. The van der Waals surface area contributed by atoms with E-state index >= 15 is 0 Å². The van der Waals surface area contributed by atoms with E-state index in [1.807, 2.05) is 6.07 Å². The average Bonchev–Trinajstić information content (AvgIpc) is 3.14.